The molecule has 0 saturated carbocycles. The molecule has 1 aromatic heterocycles. The van der Waals surface area contributed by atoms with E-state index in [-0.39, 0.29) is 5.28 Å². The van der Waals surface area contributed by atoms with Crippen LogP contribution < -0.4 is 14.4 Å². The third kappa shape index (κ3) is 2.87. The van der Waals surface area contributed by atoms with Gasteiger partial charge < -0.3 is 14.4 Å². The van der Waals surface area contributed by atoms with Gasteiger partial charge in [0.05, 0.1) is 25.1 Å². The molecular formula is C17H16ClN3O2. The normalized spacial score (nSPS) is 10.6. The summed E-state index contributed by atoms with van der Waals surface area (Å²) in [7, 11) is 5.19. The van der Waals surface area contributed by atoms with Gasteiger partial charge in [0.1, 0.15) is 17.3 Å². The molecule has 5 nitrogen and oxygen atoms in total. The molecule has 0 bridgehead atoms. The number of methoxy groups -OCH3 is 2. The van der Waals surface area contributed by atoms with Crippen LogP contribution in [0, 0.1) is 0 Å². The monoisotopic (exact) mass is 329 g/mol. The van der Waals surface area contributed by atoms with E-state index in [2.05, 4.69) is 9.97 Å². The molecule has 0 amide bonds. The Morgan fingerprint density at radius 2 is 1.70 bits per heavy atom. The van der Waals surface area contributed by atoms with E-state index >= 15 is 0 Å². The lowest BCUT2D eigenvalue weighted by Crippen LogP contribution is -2.12. The lowest BCUT2D eigenvalue weighted by molar-refractivity contribution is 0.415. The molecule has 0 unspecified atom stereocenters. The second kappa shape index (κ2) is 6.30. The summed E-state index contributed by atoms with van der Waals surface area (Å²) >= 11 is 6.09. The lowest BCUT2D eigenvalue weighted by Gasteiger charge is -2.21. The largest absolute Gasteiger partial charge is 0.497 e. The fourth-order valence-corrected chi connectivity index (χ4v) is 2.62. The van der Waals surface area contributed by atoms with E-state index in [1.165, 1.54) is 0 Å². The minimum atomic E-state index is 0.195. The second-order valence-electron chi connectivity index (χ2n) is 4.93. The number of rotatable bonds is 4. The van der Waals surface area contributed by atoms with Gasteiger partial charge in [0.25, 0.3) is 0 Å². The summed E-state index contributed by atoms with van der Waals surface area (Å²) in [5, 5.41) is 1.01. The summed E-state index contributed by atoms with van der Waals surface area (Å²) in [5.41, 5.74) is 1.69. The average molecular weight is 330 g/mol. The van der Waals surface area contributed by atoms with Crippen molar-refractivity contribution in [3.8, 4) is 11.5 Å². The van der Waals surface area contributed by atoms with Crippen LogP contribution in [0.2, 0.25) is 5.28 Å². The molecule has 6 heteroatoms. The van der Waals surface area contributed by atoms with Gasteiger partial charge in [-0.2, -0.15) is 4.98 Å². The minimum Gasteiger partial charge on any atom is -0.497 e. The highest BCUT2D eigenvalue weighted by atomic mass is 35.5. The van der Waals surface area contributed by atoms with Crippen LogP contribution in [0.25, 0.3) is 10.9 Å². The van der Waals surface area contributed by atoms with E-state index in [0.29, 0.717) is 11.6 Å². The predicted octanol–water partition coefficient (Wildman–Crippen LogP) is 4.07. The van der Waals surface area contributed by atoms with Gasteiger partial charge in [-0.25, -0.2) is 4.98 Å². The zero-order valence-electron chi connectivity index (χ0n) is 13.1. The number of hydrogen-bond acceptors (Lipinski definition) is 5. The first-order valence-corrected chi connectivity index (χ1v) is 7.40. The molecular weight excluding hydrogens is 314 g/mol. The molecule has 0 N–H and O–H groups in total. The SMILES string of the molecule is COc1ccc(N(C)c2nc(Cl)nc3cccc(OC)c23)cc1. The highest BCUT2D eigenvalue weighted by molar-refractivity contribution is 6.29. The topological polar surface area (TPSA) is 47.5 Å². The molecule has 0 saturated heterocycles. The Labute approximate surface area is 139 Å². The lowest BCUT2D eigenvalue weighted by atomic mass is 10.2. The van der Waals surface area contributed by atoms with Gasteiger partial charge in [-0.05, 0) is 48.0 Å². The zero-order chi connectivity index (χ0) is 16.4. The predicted molar refractivity (Wildman–Crippen MR) is 92.2 cm³/mol. The van der Waals surface area contributed by atoms with Crippen LogP contribution >= 0.6 is 11.6 Å². The molecule has 0 radical (unpaired) electrons. The highest BCUT2D eigenvalue weighted by Crippen LogP contribution is 2.35. The zero-order valence-corrected chi connectivity index (χ0v) is 13.8. The number of fused-ring (bicyclic) bond motifs is 1. The Morgan fingerprint density at radius 3 is 2.35 bits per heavy atom. The van der Waals surface area contributed by atoms with Crippen molar-refractivity contribution in [1.82, 2.24) is 9.97 Å². The molecule has 0 fully saturated rings. The van der Waals surface area contributed by atoms with Crippen LogP contribution in [-0.4, -0.2) is 31.2 Å². The van der Waals surface area contributed by atoms with Crippen LogP contribution in [-0.2, 0) is 0 Å². The van der Waals surface area contributed by atoms with E-state index in [4.69, 9.17) is 21.1 Å². The summed E-state index contributed by atoms with van der Waals surface area (Å²) in [6, 6.07) is 13.3. The van der Waals surface area contributed by atoms with E-state index < -0.39 is 0 Å². The third-order valence-corrected chi connectivity index (χ3v) is 3.81. The van der Waals surface area contributed by atoms with Crippen molar-refractivity contribution in [2.75, 3.05) is 26.2 Å². The molecule has 0 aliphatic carbocycles. The number of ether oxygens (including phenoxy) is 2. The van der Waals surface area contributed by atoms with E-state index in [1.807, 2.05) is 54.4 Å². The number of aromatic nitrogens is 2. The van der Waals surface area contributed by atoms with E-state index in [0.717, 1.165) is 22.3 Å². The Hall–Kier alpha value is -2.53. The Balaban J connectivity index is 2.17. The van der Waals surface area contributed by atoms with Crippen LogP contribution in [0.3, 0.4) is 0 Å². The fourth-order valence-electron chi connectivity index (χ4n) is 2.45. The van der Waals surface area contributed by atoms with Gasteiger partial charge in [0.15, 0.2) is 0 Å². The molecule has 0 atom stereocenters. The molecule has 23 heavy (non-hydrogen) atoms. The first-order chi connectivity index (χ1) is 11.1. The van der Waals surface area contributed by atoms with Gasteiger partial charge in [0.2, 0.25) is 5.28 Å². The quantitative estimate of drug-likeness (QED) is 0.675. The molecule has 3 rings (SSSR count). The molecule has 1 heterocycles. The summed E-state index contributed by atoms with van der Waals surface area (Å²) in [6.07, 6.45) is 0. The Bertz CT molecular complexity index is 837. The Morgan fingerprint density at radius 1 is 0.957 bits per heavy atom. The fraction of sp³-hybridized carbons (Fsp3) is 0.176. The van der Waals surface area contributed by atoms with Gasteiger partial charge in [-0.1, -0.05) is 6.07 Å². The summed E-state index contributed by atoms with van der Waals surface area (Å²) in [5.74, 6) is 2.18. The number of benzene rings is 2. The van der Waals surface area contributed by atoms with Crippen LogP contribution in [0.4, 0.5) is 11.5 Å². The van der Waals surface area contributed by atoms with Crippen molar-refractivity contribution in [1.29, 1.82) is 0 Å². The maximum Gasteiger partial charge on any atom is 0.224 e. The molecule has 0 spiro atoms. The molecule has 0 aliphatic heterocycles. The molecule has 118 valence electrons. The van der Waals surface area contributed by atoms with Crippen molar-refractivity contribution in [3.63, 3.8) is 0 Å². The van der Waals surface area contributed by atoms with Gasteiger partial charge in [0, 0.05) is 12.7 Å². The number of nitrogens with zero attached hydrogens (tertiary/aromatic N) is 3. The van der Waals surface area contributed by atoms with Crippen molar-refractivity contribution in [3.05, 3.63) is 47.7 Å². The third-order valence-electron chi connectivity index (χ3n) is 3.64. The Kier molecular flexibility index (Phi) is 4.21. The summed E-state index contributed by atoms with van der Waals surface area (Å²) in [4.78, 5) is 10.6. The van der Waals surface area contributed by atoms with Crippen molar-refractivity contribution in [2.45, 2.75) is 0 Å². The van der Waals surface area contributed by atoms with Crippen LogP contribution in [0.5, 0.6) is 11.5 Å². The minimum absolute atomic E-state index is 0.195. The van der Waals surface area contributed by atoms with Crippen LogP contribution in [0.1, 0.15) is 0 Å². The first-order valence-electron chi connectivity index (χ1n) is 7.02. The molecule has 0 aliphatic rings. The number of halogens is 1. The van der Waals surface area contributed by atoms with Gasteiger partial charge in [-0.3, -0.25) is 0 Å². The van der Waals surface area contributed by atoms with Crippen molar-refractivity contribution < 1.29 is 9.47 Å². The molecule has 2 aromatic carbocycles. The first kappa shape index (κ1) is 15.4. The smallest absolute Gasteiger partial charge is 0.224 e. The summed E-state index contributed by atoms with van der Waals surface area (Å²) < 4.78 is 10.7. The standard InChI is InChI=1S/C17H16ClN3O2/c1-21(11-7-9-12(22-2)10-8-11)16-15-13(19-17(18)20-16)5-4-6-14(15)23-3/h4-10H,1-3H3. The van der Waals surface area contributed by atoms with Gasteiger partial charge >= 0.3 is 0 Å². The molecule has 3 aromatic rings. The van der Waals surface area contributed by atoms with Crippen molar-refractivity contribution in [2.24, 2.45) is 0 Å². The van der Waals surface area contributed by atoms with Gasteiger partial charge in [-0.15, -0.1) is 0 Å². The van der Waals surface area contributed by atoms with E-state index in [1.54, 1.807) is 14.2 Å². The van der Waals surface area contributed by atoms with Crippen molar-refractivity contribution >= 4 is 34.0 Å². The number of anilines is 2. The maximum atomic E-state index is 6.09. The highest BCUT2D eigenvalue weighted by Gasteiger charge is 2.16. The second-order valence-corrected chi connectivity index (χ2v) is 5.27. The average Bonchev–Trinajstić information content (AvgIpc) is 2.59. The number of hydrogen-bond donors (Lipinski definition) is 0. The van der Waals surface area contributed by atoms with Crippen LogP contribution in [0.15, 0.2) is 42.5 Å². The maximum absolute atomic E-state index is 6.09. The summed E-state index contributed by atoms with van der Waals surface area (Å²) in [6.45, 7) is 0. The van der Waals surface area contributed by atoms with E-state index in [9.17, 15) is 0 Å².